The molecule has 1 aliphatic carbocycles. The van der Waals surface area contributed by atoms with E-state index >= 15 is 0 Å². The molecule has 0 aromatic heterocycles. The number of ether oxygens (including phenoxy) is 1. The summed E-state index contributed by atoms with van der Waals surface area (Å²) in [7, 11) is 1.63. The minimum absolute atomic E-state index is 0. The van der Waals surface area contributed by atoms with Gasteiger partial charge >= 0.3 is 0 Å². The lowest BCUT2D eigenvalue weighted by atomic mass is 9.99. The highest BCUT2D eigenvalue weighted by molar-refractivity contribution is 5.85. The summed E-state index contributed by atoms with van der Waals surface area (Å²) < 4.78 is 19.5. The lowest BCUT2D eigenvalue weighted by Crippen LogP contribution is -2.45. The molecule has 0 unspecified atom stereocenters. The van der Waals surface area contributed by atoms with Crippen molar-refractivity contribution in [2.75, 3.05) is 33.3 Å². The van der Waals surface area contributed by atoms with Crippen LogP contribution in [0.5, 0.6) is 5.75 Å². The molecule has 120 valence electrons. The van der Waals surface area contributed by atoms with Gasteiger partial charge in [0.2, 0.25) is 0 Å². The van der Waals surface area contributed by atoms with E-state index in [0.717, 1.165) is 37.5 Å². The topological polar surface area (TPSA) is 24.5 Å². The van der Waals surface area contributed by atoms with Gasteiger partial charge in [0.25, 0.3) is 0 Å². The number of hydrogen-bond acceptors (Lipinski definition) is 3. The highest BCUT2D eigenvalue weighted by Gasteiger charge is 2.38. The first kappa shape index (κ1) is 18.5. The molecule has 1 aliphatic heterocycles. The van der Waals surface area contributed by atoms with Crippen molar-refractivity contribution in [1.82, 2.24) is 10.2 Å². The lowest BCUT2D eigenvalue weighted by molar-refractivity contribution is 0.153. The van der Waals surface area contributed by atoms with Crippen molar-refractivity contribution in [1.29, 1.82) is 0 Å². The Morgan fingerprint density at radius 2 is 1.90 bits per heavy atom. The summed E-state index contributed by atoms with van der Waals surface area (Å²) in [6.07, 6.45) is 2.43. The molecule has 0 radical (unpaired) electrons. The second kappa shape index (κ2) is 8.18. The van der Waals surface area contributed by atoms with Crippen molar-refractivity contribution in [2.45, 2.75) is 18.9 Å². The molecule has 3 nitrogen and oxygen atoms in total. The van der Waals surface area contributed by atoms with Crippen molar-refractivity contribution in [3.05, 3.63) is 29.6 Å². The van der Waals surface area contributed by atoms with Crippen molar-refractivity contribution in [2.24, 2.45) is 5.92 Å². The first-order valence-electron chi connectivity index (χ1n) is 7.08. The summed E-state index contributed by atoms with van der Waals surface area (Å²) in [5, 5.41) is 3.36. The minimum Gasteiger partial charge on any atom is -0.497 e. The number of piperazine rings is 1. The van der Waals surface area contributed by atoms with Gasteiger partial charge in [-0.1, -0.05) is 0 Å². The molecule has 1 atom stereocenters. The normalized spacial score (nSPS) is 20.1. The fourth-order valence-electron chi connectivity index (χ4n) is 3.00. The smallest absolute Gasteiger partial charge is 0.128 e. The van der Waals surface area contributed by atoms with Crippen LogP contribution in [0.15, 0.2) is 18.2 Å². The second-order valence-electron chi connectivity index (χ2n) is 5.46. The molecule has 0 amide bonds. The molecule has 21 heavy (non-hydrogen) atoms. The van der Waals surface area contributed by atoms with E-state index in [0.29, 0.717) is 5.92 Å². The van der Waals surface area contributed by atoms with E-state index in [1.165, 1.54) is 18.9 Å². The molecule has 1 heterocycles. The number of nitrogens with zero attached hydrogens (tertiary/aromatic N) is 1. The fourth-order valence-corrected chi connectivity index (χ4v) is 3.00. The Kier molecular flexibility index (Phi) is 7.21. The van der Waals surface area contributed by atoms with Crippen LogP contribution in [0.1, 0.15) is 24.4 Å². The van der Waals surface area contributed by atoms with Gasteiger partial charge in [0.05, 0.1) is 7.11 Å². The highest BCUT2D eigenvalue weighted by atomic mass is 35.5. The predicted molar refractivity (Wildman–Crippen MR) is 87.4 cm³/mol. The third-order valence-electron chi connectivity index (χ3n) is 4.14. The van der Waals surface area contributed by atoms with Gasteiger partial charge < -0.3 is 10.1 Å². The number of hydrogen-bond donors (Lipinski definition) is 1. The number of rotatable bonds is 4. The van der Waals surface area contributed by atoms with Crippen LogP contribution < -0.4 is 10.1 Å². The van der Waals surface area contributed by atoms with E-state index in [1.807, 2.05) is 6.07 Å². The Balaban J connectivity index is 0.00000110. The molecule has 3 rings (SSSR count). The van der Waals surface area contributed by atoms with E-state index in [4.69, 9.17) is 4.74 Å². The Labute approximate surface area is 138 Å². The Morgan fingerprint density at radius 3 is 2.48 bits per heavy atom. The molecule has 2 fully saturated rings. The Bertz CT molecular complexity index is 451. The van der Waals surface area contributed by atoms with Crippen LogP contribution in [0.4, 0.5) is 4.39 Å². The largest absolute Gasteiger partial charge is 0.497 e. The standard InChI is InChI=1S/C15H21FN2O.2ClH/c1-19-12-4-5-14(16)13(10-12)15(11-2-3-11)18-8-6-17-7-9-18;;/h4-5,10-11,15,17H,2-3,6-9H2,1H3;2*1H/t15-;;/m0../s1. The zero-order valence-corrected chi connectivity index (χ0v) is 13.8. The molecule has 1 aromatic rings. The van der Waals surface area contributed by atoms with Gasteiger partial charge in [0, 0.05) is 37.8 Å². The summed E-state index contributed by atoms with van der Waals surface area (Å²) in [6.45, 7) is 3.99. The first-order chi connectivity index (χ1) is 9.29. The van der Waals surface area contributed by atoms with Gasteiger partial charge in [-0.25, -0.2) is 4.39 Å². The monoisotopic (exact) mass is 336 g/mol. The molecule has 1 aromatic carbocycles. The van der Waals surface area contributed by atoms with Crippen LogP contribution >= 0.6 is 24.8 Å². The maximum Gasteiger partial charge on any atom is 0.128 e. The lowest BCUT2D eigenvalue weighted by Gasteiger charge is -2.35. The number of benzene rings is 1. The third kappa shape index (κ3) is 4.22. The van der Waals surface area contributed by atoms with Crippen molar-refractivity contribution in [3.8, 4) is 5.75 Å². The summed E-state index contributed by atoms with van der Waals surface area (Å²) >= 11 is 0. The third-order valence-corrected chi connectivity index (χ3v) is 4.14. The molecule has 0 spiro atoms. The van der Waals surface area contributed by atoms with Crippen molar-refractivity contribution in [3.63, 3.8) is 0 Å². The van der Waals surface area contributed by atoms with Crippen LogP contribution in [-0.2, 0) is 0 Å². The van der Waals surface area contributed by atoms with E-state index in [-0.39, 0.29) is 36.7 Å². The van der Waals surface area contributed by atoms with Crippen LogP contribution in [0, 0.1) is 11.7 Å². The average molecular weight is 337 g/mol. The van der Waals surface area contributed by atoms with Crippen LogP contribution in [-0.4, -0.2) is 38.2 Å². The molecule has 1 saturated carbocycles. The van der Waals surface area contributed by atoms with Crippen molar-refractivity contribution >= 4 is 24.8 Å². The second-order valence-corrected chi connectivity index (χ2v) is 5.46. The molecule has 1 N–H and O–H groups in total. The number of methoxy groups -OCH3 is 1. The Hall–Kier alpha value is -0.550. The van der Waals surface area contributed by atoms with Gasteiger partial charge in [0.1, 0.15) is 11.6 Å². The zero-order chi connectivity index (χ0) is 13.2. The molecule has 0 bridgehead atoms. The summed E-state index contributed by atoms with van der Waals surface area (Å²) in [5.41, 5.74) is 0.809. The zero-order valence-electron chi connectivity index (χ0n) is 12.2. The first-order valence-corrected chi connectivity index (χ1v) is 7.08. The van der Waals surface area contributed by atoms with Crippen LogP contribution in [0.25, 0.3) is 0 Å². The quantitative estimate of drug-likeness (QED) is 0.914. The average Bonchev–Trinajstić information content (AvgIpc) is 3.27. The maximum absolute atomic E-state index is 14.2. The predicted octanol–water partition coefficient (Wildman–Crippen LogP) is 3.03. The maximum atomic E-state index is 14.2. The van der Waals surface area contributed by atoms with Gasteiger partial charge in [0.15, 0.2) is 0 Å². The molecular weight excluding hydrogens is 314 g/mol. The minimum atomic E-state index is -0.101. The van der Waals surface area contributed by atoms with E-state index < -0.39 is 0 Å². The van der Waals surface area contributed by atoms with Gasteiger partial charge in [-0.2, -0.15) is 0 Å². The van der Waals surface area contributed by atoms with Gasteiger partial charge in [-0.3, -0.25) is 4.90 Å². The SMILES string of the molecule is COc1ccc(F)c([C@H](C2CC2)N2CCNCC2)c1.Cl.Cl. The van der Waals surface area contributed by atoms with Crippen molar-refractivity contribution < 1.29 is 9.13 Å². The van der Waals surface area contributed by atoms with Crippen LogP contribution in [0.2, 0.25) is 0 Å². The number of nitrogens with one attached hydrogen (secondary N) is 1. The summed E-state index contributed by atoms with van der Waals surface area (Å²) in [6, 6.07) is 5.32. The van der Waals surface area contributed by atoms with E-state index in [1.54, 1.807) is 13.2 Å². The highest BCUT2D eigenvalue weighted by Crippen LogP contribution is 2.45. The molecule has 6 heteroatoms. The Morgan fingerprint density at radius 1 is 1.24 bits per heavy atom. The van der Waals surface area contributed by atoms with Crippen LogP contribution in [0.3, 0.4) is 0 Å². The van der Waals surface area contributed by atoms with E-state index in [2.05, 4.69) is 10.2 Å². The summed E-state index contributed by atoms with van der Waals surface area (Å²) in [5.74, 6) is 1.26. The molecule has 1 saturated heterocycles. The summed E-state index contributed by atoms with van der Waals surface area (Å²) in [4.78, 5) is 2.42. The van der Waals surface area contributed by atoms with Gasteiger partial charge in [-0.15, -0.1) is 24.8 Å². The molecular formula is C15H23Cl2FN2O. The fraction of sp³-hybridized carbons (Fsp3) is 0.600. The van der Waals surface area contributed by atoms with E-state index in [9.17, 15) is 4.39 Å². The number of halogens is 3. The molecule has 2 aliphatic rings. The van der Waals surface area contributed by atoms with Gasteiger partial charge in [-0.05, 0) is 37.0 Å².